The van der Waals surface area contributed by atoms with Crippen molar-refractivity contribution in [1.29, 1.82) is 0 Å². The molecule has 0 unspecified atom stereocenters. The van der Waals surface area contributed by atoms with Gasteiger partial charge >= 0.3 is 0 Å². The second-order valence-electron chi connectivity index (χ2n) is 6.33. The van der Waals surface area contributed by atoms with Gasteiger partial charge in [-0.25, -0.2) is 0 Å². The van der Waals surface area contributed by atoms with Crippen LogP contribution in [0.5, 0.6) is 0 Å². The van der Waals surface area contributed by atoms with Crippen LogP contribution in [-0.2, 0) is 4.79 Å². The highest BCUT2D eigenvalue weighted by molar-refractivity contribution is 8.01. The lowest BCUT2D eigenvalue weighted by molar-refractivity contribution is -0.130. The number of hydrogen-bond acceptors (Lipinski definition) is 6. The third kappa shape index (κ3) is 4.32. The Bertz CT molecular complexity index is 493. The lowest BCUT2D eigenvalue weighted by Gasteiger charge is -2.34. The fraction of sp³-hybridized carbons (Fsp3) is 0.786. The minimum Gasteiger partial charge on any atom is -0.357 e. The molecule has 1 saturated heterocycles. The Balaban J connectivity index is 1.47. The summed E-state index contributed by atoms with van der Waals surface area (Å²) in [6, 6.07) is 0.591. The summed E-state index contributed by atoms with van der Waals surface area (Å²) in [5.41, 5.74) is 0. The normalized spacial score (nSPS) is 25.9. The van der Waals surface area contributed by atoms with Crippen LogP contribution in [0, 0.1) is 11.8 Å². The van der Waals surface area contributed by atoms with E-state index in [-0.39, 0.29) is 5.91 Å². The quantitative estimate of drug-likeness (QED) is 0.843. The molecule has 1 aliphatic carbocycles. The number of rotatable bonds is 5. The van der Waals surface area contributed by atoms with Gasteiger partial charge in [-0.2, -0.15) is 0 Å². The van der Waals surface area contributed by atoms with E-state index in [0.717, 1.165) is 22.6 Å². The van der Waals surface area contributed by atoms with Crippen molar-refractivity contribution in [3.8, 4) is 0 Å². The maximum absolute atomic E-state index is 12.3. The summed E-state index contributed by atoms with van der Waals surface area (Å²) < 4.78 is 0.879. The number of anilines is 1. The van der Waals surface area contributed by atoms with Crippen molar-refractivity contribution in [2.75, 3.05) is 24.2 Å². The molecule has 7 heteroatoms. The lowest BCUT2D eigenvalue weighted by Crippen LogP contribution is -2.43. The van der Waals surface area contributed by atoms with Crippen molar-refractivity contribution in [3.05, 3.63) is 0 Å². The Labute approximate surface area is 133 Å². The van der Waals surface area contributed by atoms with Gasteiger partial charge in [-0.15, -0.1) is 10.2 Å². The van der Waals surface area contributed by atoms with Crippen LogP contribution in [0.2, 0.25) is 0 Å². The summed E-state index contributed by atoms with van der Waals surface area (Å²) in [5.74, 6) is 1.92. The third-order valence-electron chi connectivity index (χ3n) is 3.85. The molecule has 2 heterocycles. The minimum absolute atomic E-state index is 0.227. The highest BCUT2D eigenvalue weighted by Crippen LogP contribution is 2.30. The first-order valence-corrected chi connectivity index (χ1v) is 9.41. The molecule has 0 spiro atoms. The molecule has 1 saturated carbocycles. The summed E-state index contributed by atoms with van der Waals surface area (Å²) in [4.78, 5) is 14.3. The molecular formula is C14H22N4OS2. The molecule has 2 fully saturated rings. The Morgan fingerprint density at radius 3 is 2.71 bits per heavy atom. The number of nitrogens with zero attached hydrogens (tertiary/aromatic N) is 3. The minimum atomic E-state index is 0.227. The van der Waals surface area contributed by atoms with Crippen molar-refractivity contribution in [3.63, 3.8) is 0 Å². The predicted molar refractivity (Wildman–Crippen MR) is 86.8 cm³/mol. The maximum Gasteiger partial charge on any atom is 0.233 e. The summed E-state index contributed by atoms with van der Waals surface area (Å²) in [5, 5.41) is 12.5. The van der Waals surface area contributed by atoms with Crippen LogP contribution in [0.4, 0.5) is 5.13 Å². The van der Waals surface area contributed by atoms with Crippen LogP contribution in [0.1, 0.15) is 33.1 Å². The van der Waals surface area contributed by atoms with E-state index in [1.807, 2.05) is 4.90 Å². The molecule has 5 nitrogen and oxygen atoms in total. The maximum atomic E-state index is 12.3. The zero-order valence-electron chi connectivity index (χ0n) is 12.5. The zero-order chi connectivity index (χ0) is 14.8. The van der Waals surface area contributed by atoms with Crippen molar-refractivity contribution in [2.24, 2.45) is 11.8 Å². The molecule has 116 valence electrons. The molecule has 1 amide bonds. The standard InChI is InChI=1S/C14H22N4OS2/c1-9-5-10(2)7-18(6-9)12(19)8-20-14-17-16-13(21-14)15-11-3-4-11/h9-11H,3-8H2,1-2H3,(H,15,16)/t9-,10+. The average Bonchev–Trinajstić information content (AvgIpc) is 3.12. The number of piperidine rings is 1. The van der Waals surface area contributed by atoms with E-state index < -0.39 is 0 Å². The molecular weight excluding hydrogens is 304 g/mol. The second-order valence-corrected chi connectivity index (χ2v) is 8.53. The highest BCUT2D eigenvalue weighted by atomic mass is 32.2. The second kappa shape index (κ2) is 6.52. The summed E-state index contributed by atoms with van der Waals surface area (Å²) in [6.45, 7) is 6.25. The molecule has 1 N–H and O–H groups in total. The van der Waals surface area contributed by atoms with Gasteiger partial charge in [-0.3, -0.25) is 4.79 Å². The summed E-state index contributed by atoms with van der Waals surface area (Å²) in [6.07, 6.45) is 3.68. The van der Waals surface area contributed by atoms with Crippen LogP contribution in [0.25, 0.3) is 0 Å². The van der Waals surface area contributed by atoms with E-state index in [1.54, 1.807) is 11.3 Å². The molecule has 3 rings (SSSR count). The largest absolute Gasteiger partial charge is 0.357 e. The van der Waals surface area contributed by atoms with Gasteiger partial charge < -0.3 is 10.2 Å². The van der Waals surface area contributed by atoms with Gasteiger partial charge in [0.05, 0.1) is 5.75 Å². The smallest absolute Gasteiger partial charge is 0.233 e. The number of likely N-dealkylation sites (tertiary alicyclic amines) is 1. The lowest BCUT2D eigenvalue weighted by atomic mass is 9.92. The number of nitrogens with one attached hydrogen (secondary N) is 1. The SMILES string of the molecule is C[C@@H]1C[C@H](C)CN(C(=O)CSc2nnc(NC3CC3)s2)C1. The van der Waals surface area contributed by atoms with Gasteiger partial charge in [0, 0.05) is 19.1 Å². The summed E-state index contributed by atoms with van der Waals surface area (Å²) >= 11 is 3.06. The van der Waals surface area contributed by atoms with Crippen LogP contribution in [0.3, 0.4) is 0 Å². The Kier molecular flexibility index (Phi) is 4.69. The van der Waals surface area contributed by atoms with Crippen LogP contribution in [0.15, 0.2) is 4.34 Å². The fourth-order valence-electron chi connectivity index (χ4n) is 2.81. The third-order valence-corrected chi connectivity index (χ3v) is 5.82. The Morgan fingerprint density at radius 1 is 1.33 bits per heavy atom. The average molecular weight is 326 g/mol. The summed E-state index contributed by atoms with van der Waals surface area (Å²) in [7, 11) is 0. The van der Waals surface area contributed by atoms with Crippen LogP contribution in [-0.4, -0.2) is 45.9 Å². The Morgan fingerprint density at radius 2 is 2.05 bits per heavy atom. The van der Waals surface area contributed by atoms with Gasteiger partial charge in [0.1, 0.15) is 0 Å². The fourth-order valence-corrected chi connectivity index (χ4v) is 4.54. The molecule has 1 aromatic rings. The van der Waals surface area contributed by atoms with E-state index >= 15 is 0 Å². The van der Waals surface area contributed by atoms with Gasteiger partial charge in [0.15, 0.2) is 4.34 Å². The monoisotopic (exact) mass is 326 g/mol. The first kappa shape index (κ1) is 15.1. The van der Waals surface area contributed by atoms with Gasteiger partial charge in [0.25, 0.3) is 0 Å². The van der Waals surface area contributed by atoms with Crippen LogP contribution < -0.4 is 5.32 Å². The first-order valence-electron chi connectivity index (χ1n) is 7.60. The molecule has 0 radical (unpaired) electrons. The molecule has 0 aromatic carbocycles. The Hall–Kier alpha value is -0.820. The molecule has 1 aliphatic heterocycles. The van der Waals surface area contributed by atoms with E-state index in [1.165, 1.54) is 31.0 Å². The highest BCUT2D eigenvalue weighted by Gasteiger charge is 2.26. The number of carbonyl (C=O) groups is 1. The number of hydrogen-bond donors (Lipinski definition) is 1. The van der Waals surface area contributed by atoms with Gasteiger partial charge in [-0.1, -0.05) is 36.9 Å². The molecule has 1 aromatic heterocycles. The van der Waals surface area contributed by atoms with Gasteiger partial charge in [0.2, 0.25) is 11.0 Å². The van der Waals surface area contributed by atoms with E-state index in [4.69, 9.17) is 0 Å². The number of amides is 1. The van der Waals surface area contributed by atoms with E-state index in [0.29, 0.717) is 23.6 Å². The van der Waals surface area contributed by atoms with E-state index in [2.05, 4.69) is 29.4 Å². The molecule has 0 bridgehead atoms. The zero-order valence-corrected chi connectivity index (χ0v) is 14.2. The predicted octanol–water partition coefficient (Wildman–Crippen LogP) is 2.71. The molecule has 2 aliphatic rings. The molecule has 21 heavy (non-hydrogen) atoms. The number of carbonyl (C=O) groups excluding carboxylic acids is 1. The van der Waals surface area contributed by atoms with Gasteiger partial charge in [-0.05, 0) is 31.1 Å². The topological polar surface area (TPSA) is 58.1 Å². The van der Waals surface area contributed by atoms with Crippen molar-refractivity contribution in [1.82, 2.24) is 15.1 Å². The van der Waals surface area contributed by atoms with Crippen LogP contribution >= 0.6 is 23.1 Å². The first-order chi connectivity index (χ1) is 10.1. The number of thioether (sulfide) groups is 1. The van der Waals surface area contributed by atoms with Crippen molar-refractivity contribution < 1.29 is 4.79 Å². The number of aromatic nitrogens is 2. The van der Waals surface area contributed by atoms with E-state index in [9.17, 15) is 4.79 Å². The molecule has 2 atom stereocenters. The van der Waals surface area contributed by atoms with Crippen molar-refractivity contribution >= 4 is 34.1 Å². The van der Waals surface area contributed by atoms with Crippen molar-refractivity contribution in [2.45, 2.75) is 43.5 Å².